The van der Waals surface area contributed by atoms with E-state index < -0.39 is 0 Å². The summed E-state index contributed by atoms with van der Waals surface area (Å²) in [4.78, 5) is 26.3. The fourth-order valence-electron chi connectivity index (χ4n) is 3.03. The van der Waals surface area contributed by atoms with Gasteiger partial charge in [-0.2, -0.15) is 0 Å². The van der Waals surface area contributed by atoms with Gasteiger partial charge in [0, 0.05) is 18.7 Å². The van der Waals surface area contributed by atoms with E-state index in [2.05, 4.69) is 5.32 Å². The summed E-state index contributed by atoms with van der Waals surface area (Å²) in [6, 6.07) is 5.21. The molecule has 1 N–H and O–H groups in total. The first-order chi connectivity index (χ1) is 11.6. The molecule has 132 valence electrons. The van der Waals surface area contributed by atoms with Crippen LogP contribution in [0.5, 0.6) is 11.5 Å². The highest BCUT2D eigenvalue weighted by atomic mass is 16.5. The summed E-state index contributed by atoms with van der Waals surface area (Å²) in [6.07, 6.45) is 5.67. The number of likely N-dealkylation sites (N-methyl/N-ethyl adjacent to an activating group) is 1. The monoisotopic (exact) mass is 334 g/mol. The van der Waals surface area contributed by atoms with Crippen molar-refractivity contribution in [3.63, 3.8) is 0 Å². The Morgan fingerprint density at radius 2 is 1.79 bits per heavy atom. The second-order valence-electron chi connectivity index (χ2n) is 6.05. The number of hydrogen-bond acceptors (Lipinski definition) is 4. The van der Waals surface area contributed by atoms with E-state index in [9.17, 15) is 9.59 Å². The summed E-state index contributed by atoms with van der Waals surface area (Å²) in [5.41, 5.74) is 0.431. The lowest BCUT2D eigenvalue weighted by atomic mass is 9.94. The fraction of sp³-hybridized carbons (Fsp3) is 0.556. The van der Waals surface area contributed by atoms with Crippen molar-refractivity contribution in [2.75, 3.05) is 27.8 Å². The lowest BCUT2D eigenvalue weighted by molar-refractivity contribution is -0.131. The van der Waals surface area contributed by atoms with E-state index in [1.807, 2.05) is 7.05 Å². The third kappa shape index (κ3) is 4.40. The van der Waals surface area contributed by atoms with Crippen LogP contribution in [-0.2, 0) is 4.79 Å². The summed E-state index contributed by atoms with van der Waals surface area (Å²) in [6.45, 7) is 0.000177. The van der Waals surface area contributed by atoms with Gasteiger partial charge in [0.05, 0.1) is 20.8 Å². The second kappa shape index (κ2) is 8.57. The first-order valence-electron chi connectivity index (χ1n) is 8.32. The number of nitrogens with zero attached hydrogens (tertiary/aromatic N) is 1. The number of nitrogens with one attached hydrogen (secondary N) is 1. The zero-order chi connectivity index (χ0) is 17.5. The number of carbonyl (C=O) groups excluding carboxylic acids is 2. The van der Waals surface area contributed by atoms with Gasteiger partial charge in [-0.1, -0.05) is 19.3 Å². The Kier molecular flexibility index (Phi) is 6.46. The van der Waals surface area contributed by atoms with Crippen LogP contribution in [-0.4, -0.2) is 50.6 Å². The fourth-order valence-corrected chi connectivity index (χ4v) is 3.03. The van der Waals surface area contributed by atoms with Gasteiger partial charge < -0.3 is 19.7 Å². The quantitative estimate of drug-likeness (QED) is 0.866. The van der Waals surface area contributed by atoms with Crippen LogP contribution in [0, 0.1) is 0 Å². The lowest BCUT2D eigenvalue weighted by Gasteiger charge is -2.31. The predicted octanol–water partition coefficient (Wildman–Crippen LogP) is 2.22. The number of methoxy groups -OCH3 is 2. The topological polar surface area (TPSA) is 67.9 Å². The molecular weight excluding hydrogens is 308 g/mol. The molecule has 1 aromatic carbocycles. The molecule has 1 fully saturated rings. The Labute approximate surface area is 143 Å². The van der Waals surface area contributed by atoms with Crippen LogP contribution in [0.25, 0.3) is 0 Å². The zero-order valence-corrected chi connectivity index (χ0v) is 14.6. The molecule has 0 spiro atoms. The van der Waals surface area contributed by atoms with Crippen LogP contribution in [0.1, 0.15) is 42.5 Å². The molecule has 1 aliphatic rings. The van der Waals surface area contributed by atoms with E-state index in [0.717, 1.165) is 12.8 Å². The highest BCUT2D eigenvalue weighted by Crippen LogP contribution is 2.27. The maximum atomic E-state index is 12.3. The van der Waals surface area contributed by atoms with Crippen LogP contribution in [0.15, 0.2) is 18.2 Å². The maximum Gasteiger partial charge on any atom is 0.251 e. The van der Waals surface area contributed by atoms with Gasteiger partial charge in [-0.25, -0.2) is 0 Å². The number of hydrogen-bond donors (Lipinski definition) is 1. The van der Waals surface area contributed by atoms with Crippen molar-refractivity contribution in [3.05, 3.63) is 23.8 Å². The summed E-state index contributed by atoms with van der Waals surface area (Å²) in [5.74, 6) is 0.676. The number of ether oxygens (including phenoxy) is 2. The molecule has 0 unspecified atom stereocenters. The second-order valence-corrected chi connectivity index (χ2v) is 6.05. The van der Waals surface area contributed by atoms with Crippen LogP contribution in [0.2, 0.25) is 0 Å². The van der Waals surface area contributed by atoms with Crippen molar-refractivity contribution >= 4 is 11.8 Å². The minimum atomic E-state index is -0.304. The Morgan fingerprint density at radius 3 is 2.42 bits per heavy atom. The van der Waals surface area contributed by atoms with Gasteiger partial charge in [0.1, 0.15) is 0 Å². The minimum absolute atomic E-state index is 0.000177. The first kappa shape index (κ1) is 18.1. The van der Waals surface area contributed by atoms with E-state index in [4.69, 9.17) is 9.47 Å². The molecule has 1 saturated carbocycles. The van der Waals surface area contributed by atoms with Crippen LogP contribution in [0.3, 0.4) is 0 Å². The predicted molar refractivity (Wildman–Crippen MR) is 91.5 cm³/mol. The van der Waals surface area contributed by atoms with E-state index in [-0.39, 0.29) is 18.4 Å². The standard InChI is InChI=1S/C18H26N2O4/c1-20(14-7-5-4-6-8-14)17(21)12-19-18(22)13-9-10-15(23-2)16(11-13)24-3/h9-11,14H,4-8,12H2,1-3H3,(H,19,22). The van der Waals surface area contributed by atoms with Crippen molar-refractivity contribution in [2.45, 2.75) is 38.1 Å². The summed E-state index contributed by atoms with van der Waals surface area (Å²) < 4.78 is 10.3. The van der Waals surface area contributed by atoms with E-state index >= 15 is 0 Å². The molecule has 6 heteroatoms. The van der Waals surface area contributed by atoms with Gasteiger partial charge in [-0.05, 0) is 31.0 Å². The molecule has 2 amide bonds. The Balaban J connectivity index is 1.91. The summed E-state index contributed by atoms with van der Waals surface area (Å²) in [5, 5.41) is 2.68. The average Bonchev–Trinajstić information content (AvgIpc) is 2.65. The molecule has 24 heavy (non-hydrogen) atoms. The SMILES string of the molecule is COc1ccc(C(=O)NCC(=O)N(C)C2CCCCC2)cc1OC. The third-order valence-corrected chi connectivity index (χ3v) is 4.56. The van der Waals surface area contributed by atoms with Crippen LogP contribution >= 0.6 is 0 Å². The molecule has 1 aliphatic carbocycles. The molecular formula is C18H26N2O4. The van der Waals surface area contributed by atoms with Crippen molar-refractivity contribution in [2.24, 2.45) is 0 Å². The number of amides is 2. The van der Waals surface area contributed by atoms with Crippen molar-refractivity contribution in [1.29, 1.82) is 0 Å². The molecule has 1 aromatic rings. The molecule has 0 heterocycles. The Morgan fingerprint density at radius 1 is 1.12 bits per heavy atom. The smallest absolute Gasteiger partial charge is 0.251 e. The highest BCUT2D eigenvalue weighted by Gasteiger charge is 2.22. The number of benzene rings is 1. The Bertz CT molecular complexity index is 582. The summed E-state index contributed by atoms with van der Waals surface area (Å²) in [7, 11) is 4.88. The van der Waals surface area contributed by atoms with E-state index in [1.54, 1.807) is 23.1 Å². The molecule has 2 rings (SSSR count). The molecule has 0 atom stereocenters. The first-order valence-corrected chi connectivity index (χ1v) is 8.32. The van der Waals surface area contributed by atoms with Crippen LogP contribution < -0.4 is 14.8 Å². The van der Waals surface area contributed by atoms with Gasteiger partial charge in [0.25, 0.3) is 5.91 Å². The van der Waals surface area contributed by atoms with E-state index in [1.165, 1.54) is 33.5 Å². The average molecular weight is 334 g/mol. The number of carbonyl (C=O) groups is 2. The zero-order valence-electron chi connectivity index (χ0n) is 14.6. The molecule has 0 saturated heterocycles. The largest absolute Gasteiger partial charge is 0.493 e. The maximum absolute atomic E-state index is 12.3. The van der Waals surface area contributed by atoms with Gasteiger partial charge in [0.2, 0.25) is 5.91 Å². The highest BCUT2D eigenvalue weighted by molar-refractivity contribution is 5.97. The molecule has 0 radical (unpaired) electrons. The molecule has 0 aromatic heterocycles. The minimum Gasteiger partial charge on any atom is -0.493 e. The molecule has 0 aliphatic heterocycles. The van der Waals surface area contributed by atoms with Gasteiger partial charge >= 0.3 is 0 Å². The van der Waals surface area contributed by atoms with Crippen molar-refractivity contribution < 1.29 is 19.1 Å². The number of rotatable bonds is 6. The van der Waals surface area contributed by atoms with E-state index in [0.29, 0.717) is 23.1 Å². The van der Waals surface area contributed by atoms with Crippen LogP contribution in [0.4, 0.5) is 0 Å². The molecule has 6 nitrogen and oxygen atoms in total. The van der Waals surface area contributed by atoms with Gasteiger partial charge in [0.15, 0.2) is 11.5 Å². The summed E-state index contributed by atoms with van der Waals surface area (Å²) >= 11 is 0. The molecule has 0 bridgehead atoms. The van der Waals surface area contributed by atoms with Crippen molar-refractivity contribution in [1.82, 2.24) is 10.2 Å². The normalized spacial score (nSPS) is 14.8. The Hall–Kier alpha value is -2.24. The third-order valence-electron chi connectivity index (χ3n) is 4.56. The lowest BCUT2D eigenvalue weighted by Crippen LogP contribution is -2.44. The van der Waals surface area contributed by atoms with Gasteiger partial charge in [-0.15, -0.1) is 0 Å². The van der Waals surface area contributed by atoms with Crippen molar-refractivity contribution in [3.8, 4) is 11.5 Å². The van der Waals surface area contributed by atoms with Gasteiger partial charge in [-0.3, -0.25) is 9.59 Å².